The zero-order chi connectivity index (χ0) is 13.7. The fourth-order valence-corrected chi connectivity index (χ4v) is 1.95. The number of furan rings is 1. The molecule has 0 aliphatic heterocycles. The van der Waals surface area contributed by atoms with Crippen LogP contribution < -0.4 is 5.32 Å². The van der Waals surface area contributed by atoms with Crippen LogP contribution in [0.5, 0.6) is 0 Å². The lowest BCUT2D eigenvalue weighted by Crippen LogP contribution is -2.17. The lowest BCUT2D eigenvalue weighted by molar-refractivity contribution is 0.495. The highest BCUT2D eigenvalue weighted by Gasteiger charge is 2.06. The molecule has 0 aromatic carbocycles. The normalized spacial score (nSPS) is 11.8. The van der Waals surface area contributed by atoms with E-state index in [2.05, 4.69) is 23.3 Å². The Morgan fingerprint density at radius 2 is 2.32 bits per heavy atom. The van der Waals surface area contributed by atoms with Gasteiger partial charge in [-0.05, 0) is 44.5 Å². The van der Waals surface area contributed by atoms with Gasteiger partial charge >= 0.3 is 0 Å². The lowest BCUT2D eigenvalue weighted by atomic mass is 10.1. The minimum atomic E-state index is 0.269. The molecule has 1 atom stereocenters. The summed E-state index contributed by atoms with van der Waals surface area (Å²) in [5.41, 5.74) is 1.48. The summed E-state index contributed by atoms with van der Waals surface area (Å²) in [5.74, 6) is 1.74. The van der Waals surface area contributed by atoms with E-state index in [0.29, 0.717) is 5.56 Å². The van der Waals surface area contributed by atoms with Crippen molar-refractivity contribution in [2.24, 2.45) is 0 Å². The highest BCUT2D eigenvalue weighted by molar-refractivity contribution is 5.44. The van der Waals surface area contributed by atoms with Gasteiger partial charge in [0.1, 0.15) is 11.6 Å². The number of hydrogen-bond acceptors (Lipinski definition) is 4. The van der Waals surface area contributed by atoms with Crippen molar-refractivity contribution in [1.82, 2.24) is 4.98 Å². The van der Waals surface area contributed by atoms with Crippen molar-refractivity contribution in [3.8, 4) is 6.07 Å². The van der Waals surface area contributed by atoms with Crippen LogP contribution in [0, 0.1) is 18.3 Å². The summed E-state index contributed by atoms with van der Waals surface area (Å²) in [6.07, 6.45) is 3.53. The van der Waals surface area contributed by atoms with Crippen molar-refractivity contribution >= 4 is 5.82 Å². The van der Waals surface area contributed by atoms with Gasteiger partial charge in [-0.3, -0.25) is 0 Å². The number of nitrogens with one attached hydrogen (secondary N) is 1. The van der Waals surface area contributed by atoms with Crippen LogP contribution >= 0.6 is 0 Å². The molecule has 0 aliphatic carbocycles. The van der Waals surface area contributed by atoms with E-state index in [-0.39, 0.29) is 6.04 Å². The summed E-state index contributed by atoms with van der Waals surface area (Å²) < 4.78 is 5.30. The Kier molecular flexibility index (Phi) is 4.19. The number of rotatable bonds is 5. The van der Waals surface area contributed by atoms with Crippen LogP contribution in [0.2, 0.25) is 0 Å². The van der Waals surface area contributed by atoms with Crippen LogP contribution in [0.1, 0.15) is 30.4 Å². The Hall–Kier alpha value is -2.28. The molecule has 0 radical (unpaired) electrons. The summed E-state index contributed by atoms with van der Waals surface area (Å²) in [7, 11) is 0. The fourth-order valence-electron chi connectivity index (χ4n) is 1.95. The van der Waals surface area contributed by atoms with E-state index in [9.17, 15) is 0 Å². The van der Waals surface area contributed by atoms with Crippen molar-refractivity contribution < 1.29 is 4.42 Å². The predicted octanol–water partition coefficient (Wildman–Crippen LogP) is 3.29. The molecule has 4 heteroatoms. The van der Waals surface area contributed by atoms with Crippen LogP contribution in [-0.2, 0) is 6.42 Å². The van der Waals surface area contributed by atoms with E-state index < -0.39 is 0 Å². The smallest absolute Gasteiger partial charge is 0.127 e. The maximum Gasteiger partial charge on any atom is 0.127 e. The molecule has 0 saturated heterocycles. The van der Waals surface area contributed by atoms with Crippen LogP contribution in [0.4, 0.5) is 5.82 Å². The third kappa shape index (κ3) is 3.85. The number of aryl methyl sites for hydroxylation is 2. The predicted molar refractivity (Wildman–Crippen MR) is 73.8 cm³/mol. The summed E-state index contributed by atoms with van der Waals surface area (Å²) in [5, 5.41) is 12.2. The van der Waals surface area contributed by atoms with Crippen molar-refractivity contribution in [1.29, 1.82) is 5.26 Å². The maximum absolute atomic E-state index is 8.93. The standard InChI is InChI=1S/C15H17N3O/c1-11(5-6-14-4-3-7-19-14)17-15-9-13(10-16)8-12(2)18-15/h3-4,7-9,11H,5-6H2,1-2H3,(H,17,18). The summed E-state index contributed by atoms with van der Waals surface area (Å²) in [6.45, 7) is 3.98. The Labute approximate surface area is 113 Å². The molecule has 19 heavy (non-hydrogen) atoms. The van der Waals surface area contributed by atoms with Gasteiger partial charge in [0, 0.05) is 18.2 Å². The Balaban J connectivity index is 1.93. The van der Waals surface area contributed by atoms with Crippen LogP contribution in [-0.4, -0.2) is 11.0 Å². The first-order valence-electron chi connectivity index (χ1n) is 6.35. The SMILES string of the molecule is Cc1cc(C#N)cc(NC(C)CCc2ccco2)n1. The van der Waals surface area contributed by atoms with Crippen LogP contribution in [0.3, 0.4) is 0 Å². The van der Waals surface area contributed by atoms with Crippen LogP contribution in [0.25, 0.3) is 0 Å². The van der Waals surface area contributed by atoms with Gasteiger partial charge in [-0.25, -0.2) is 4.98 Å². The maximum atomic E-state index is 8.93. The van der Waals surface area contributed by atoms with Crippen LogP contribution in [0.15, 0.2) is 34.9 Å². The lowest BCUT2D eigenvalue weighted by Gasteiger charge is -2.14. The van der Waals surface area contributed by atoms with E-state index >= 15 is 0 Å². The number of nitriles is 1. The van der Waals surface area contributed by atoms with Gasteiger partial charge in [-0.1, -0.05) is 0 Å². The molecule has 0 bridgehead atoms. The summed E-state index contributed by atoms with van der Waals surface area (Å²) in [6, 6.07) is 9.84. The molecule has 2 aromatic heterocycles. The number of nitrogens with zero attached hydrogens (tertiary/aromatic N) is 2. The molecule has 0 aliphatic rings. The Bertz CT molecular complexity index is 570. The average molecular weight is 255 g/mol. The largest absolute Gasteiger partial charge is 0.469 e. The van der Waals surface area contributed by atoms with Gasteiger partial charge < -0.3 is 9.73 Å². The van der Waals surface area contributed by atoms with Gasteiger partial charge in [-0.15, -0.1) is 0 Å². The van der Waals surface area contributed by atoms with Crippen molar-refractivity contribution in [3.05, 3.63) is 47.5 Å². The van der Waals surface area contributed by atoms with Gasteiger partial charge in [0.25, 0.3) is 0 Å². The molecular formula is C15H17N3O. The molecule has 98 valence electrons. The fraction of sp³-hybridized carbons (Fsp3) is 0.333. The van der Waals surface area contributed by atoms with Gasteiger partial charge in [-0.2, -0.15) is 5.26 Å². The third-order valence-corrected chi connectivity index (χ3v) is 2.88. The van der Waals surface area contributed by atoms with Gasteiger partial charge in [0.15, 0.2) is 0 Å². The molecule has 4 nitrogen and oxygen atoms in total. The second-order valence-corrected chi connectivity index (χ2v) is 4.66. The van der Waals surface area contributed by atoms with Gasteiger partial charge in [0.05, 0.1) is 17.9 Å². The average Bonchev–Trinajstić information content (AvgIpc) is 2.88. The number of pyridine rings is 1. The highest BCUT2D eigenvalue weighted by Crippen LogP contribution is 2.13. The molecule has 2 aromatic rings. The first-order chi connectivity index (χ1) is 9.17. The molecule has 2 heterocycles. The topological polar surface area (TPSA) is 61.9 Å². The van der Waals surface area contributed by atoms with Gasteiger partial charge in [0.2, 0.25) is 0 Å². The highest BCUT2D eigenvalue weighted by atomic mass is 16.3. The molecule has 0 fully saturated rings. The monoisotopic (exact) mass is 255 g/mol. The molecule has 0 saturated carbocycles. The quantitative estimate of drug-likeness (QED) is 0.890. The van der Waals surface area contributed by atoms with Crippen molar-refractivity contribution in [2.75, 3.05) is 5.32 Å². The second kappa shape index (κ2) is 6.05. The van der Waals surface area contributed by atoms with E-state index in [1.54, 1.807) is 18.4 Å². The Morgan fingerprint density at radius 1 is 1.47 bits per heavy atom. The molecule has 1 N–H and O–H groups in total. The van der Waals surface area contributed by atoms with Crippen molar-refractivity contribution in [3.63, 3.8) is 0 Å². The van der Waals surface area contributed by atoms with E-state index in [0.717, 1.165) is 30.1 Å². The van der Waals surface area contributed by atoms with E-state index in [1.807, 2.05) is 19.1 Å². The first-order valence-corrected chi connectivity index (χ1v) is 6.35. The minimum absolute atomic E-state index is 0.269. The second-order valence-electron chi connectivity index (χ2n) is 4.66. The van der Waals surface area contributed by atoms with E-state index in [1.165, 1.54) is 0 Å². The summed E-state index contributed by atoms with van der Waals surface area (Å²) >= 11 is 0. The molecular weight excluding hydrogens is 238 g/mol. The molecule has 1 unspecified atom stereocenters. The first kappa shape index (κ1) is 13.2. The summed E-state index contributed by atoms with van der Waals surface area (Å²) in [4.78, 5) is 4.38. The Morgan fingerprint density at radius 3 is 3.00 bits per heavy atom. The third-order valence-electron chi connectivity index (χ3n) is 2.88. The zero-order valence-corrected chi connectivity index (χ0v) is 11.2. The van der Waals surface area contributed by atoms with E-state index in [4.69, 9.17) is 9.68 Å². The van der Waals surface area contributed by atoms with Crippen molar-refractivity contribution in [2.45, 2.75) is 32.7 Å². The minimum Gasteiger partial charge on any atom is -0.469 e. The number of aromatic nitrogens is 1. The number of hydrogen-bond donors (Lipinski definition) is 1. The molecule has 0 spiro atoms. The number of anilines is 1. The molecule has 0 amide bonds. The molecule has 2 rings (SSSR count). The zero-order valence-electron chi connectivity index (χ0n) is 11.2.